The predicted molar refractivity (Wildman–Crippen MR) is 56.2 cm³/mol. The fourth-order valence-corrected chi connectivity index (χ4v) is 3.13. The minimum atomic E-state index is -0.569. The van der Waals surface area contributed by atoms with E-state index in [-0.39, 0.29) is 0 Å². The molecule has 0 radical (unpaired) electrons. The van der Waals surface area contributed by atoms with Gasteiger partial charge in [-0.1, -0.05) is 12.1 Å². The van der Waals surface area contributed by atoms with Crippen LogP contribution in [-0.4, -0.2) is 36.7 Å². The lowest BCUT2D eigenvalue weighted by Crippen LogP contribution is -2.31. The smallest absolute Gasteiger partial charge is 0.0855 e. The van der Waals surface area contributed by atoms with Crippen molar-refractivity contribution < 1.29 is 5.11 Å². The van der Waals surface area contributed by atoms with Crippen LogP contribution >= 0.6 is 11.8 Å². The third kappa shape index (κ3) is 2.09. The van der Waals surface area contributed by atoms with Crippen LogP contribution in [0.25, 0.3) is 0 Å². The molecule has 0 saturated carbocycles. The van der Waals surface area contributed by atoms with Crippen LogP contribution in [0.1, 0.15) is 19.0 Å². The molecule has 0 bridgehead atoms. The lowest BCUT2D eigenvalue weighted by Gasteiger charge is -2.19. The summed E-state index contributed by atoms with van der Waals surface area (Å²) in [4.78, 5) is 0. The van der Waals surface area contributed by atoms with E-state index >= 15 is 0 Å². The Morgan fingerprint density at radius 1 is 1.79 bits per heavy atom. The second kappa shape index (κ2) is 3.55. The normalized spacial score (nSPS) is 32.4. The van der Waals surface area contributed by atoms with E-state index in [2.05, 4.69) is 17.2 Å². The summed E-state index contributed by atoms with van der Waals surface area (Å²) < 4.78 is 1.67. The zero-order valence-corrected chi connectivity index (χ0v) is 9.29. The highest BCUT2D eigenvalue weighted by atomic mass is 32.2. The van der Waals surface area contributed by atoms with Crippen molar-refractivity contribution in [2.75, 3.05) is 5.75 Å². The van der Waals surface area contributed by atoms with Gasteiger partial charge >= 0.3 is 0 Å². The molecule has 78 valence electrons. The zero-order chi connectivity index (χ0) is 10.2. The molecular weight excluding hydrogens is 198 g/mol. The Bertz CT molecular complexity index is 328. The molecule has 4 nitrogen and oxygen atoms in total. The van der Waals surface area contributed by atoms with E-state index in [1.165, 1.54) is 0 Å². The molecule has 1 aliphatic heterocycles. The molecule has 2 atom stereocenters. The molecule has 14 heavy (non-hydrogen) atoms. The molecule has 0 aliphatic carbocycles. The monoisotopic (exact) mass is 213 g/mol. The first kappa shape index (κ1) is 9.98. The van der Waals surface area contributed by atoms with Crippen molar-refractivity contribution in [2.24, 2.45) is 7.05 Å². The van der Waals surface area contributed by atoms with Crippen molar-refractivity contribution in [3.63, 3.8) is 0 Å². The van der Waals surface area contributed by atoms with Crippen LogP contribution in [0.5, 0.6) is 0 Å². The number of aliphatic hydroxyl groups is 1. The highest BCUT2D eigenvalue weighted by Crippen LogP contribution is 2.35. The summed E-state index contributed by atoms with van der Waals surface area (Å²) in [7, 11) is 1.84. The molecule has 1 aromatic heterocycles. The maximum absolute atomic E-state index is 10.2. The van der Waals surface area contributed by atoms with E-state index < -0.39 is 5.60 Å². The van der Waals surface area contributed by atoms with Gasteiger partial charge in [0.05, 0.1) is 11.3 Å². The summed E-state index contributed by atoms with van der Waals surface area (Å²) in [6.07, 6.45) is 3.35. The second-order valence-electron chi connectivity index (χ2n) is 4.11. The minimum Gasteiger partial charge on any atom is -0.389 e. The van der Waals surface area contributed by atoms with Crippen molar-refractivity contribution in [1.82, 2.24) is 15.0 Å². The summed E-state index contributed by atoms with van der Waals surface area (Å²) in [6, 6.07) is 0. The van der Waals surface area contributed by atoms with Crippen LogP contribution in [0, 0.1) is 0 Å². The molecule has 0 spiro atoms. The molecular formula is C9H15N3OS. The van der Waals surface area contributed by atoms with Gasteiger partial charge in [-0.15, -0.1) is 5.10 Å². The first-order valence-electron chi connectivity index (χ1n) is 4.77. The third-order valence-corrected chi connectivity index (χ3v) is 3.90. The highest BCUT2D eigenvalue weighted by Gasteiger charge is 2.36. The predicted octanol–water partition coefficient (Wildman–Crippen LogP) is 0.614. The van der Waals surface area contributed by atoms with E-state index in [1.54, 1.807) is 4.68 Å². The fraction of sp³-hybridized carbons (Fsp3) is 0.778. The lowest BCUT2D eigenvalue weighted by atomic mass is 9.95. The van der Waals surface area contributed by atoms with Gasteiger partial charge in [0.15, 0.2) is 0 Å². The molecule has 5 heteroatoms. The van der Waals surface area contributed by atoms with E-state index in [1.807, 2.05) is 25.0 Å². The molecule has 1 aliphatic rings. The molecule has 2 rings (SSSR count). The SMILES string of the molecule is CC1CC(O)(Cc2cn(C)nn2)CS1. The number of hydrogen-bond acceptors (Lipinski definition) is 4. The van der Waals surface area contributed by atoms with Gasteiger partial charge in [0.25, 0.3) is 0 Å². The van der Waals surface area contributed by atoms with Gasteiger partial charge in [-0.05, 0) is 6.42 Å². The average molecular weight is 213 g/mol. The Morgan fingerprint density at radius 3 is 3.07 bits per heavy atom. The number of hydrogen-bond donors (Lipinski definition) is 1. The fourth-order valence-electron chi connectivity index (χ4n) is 1.89. The van der Waals surface area contributed by atoms with Gasteiger partial charge in [0.1, 0.15) is 0 Å². The molecule has 1 N–H and O–H groups in total. The Labute approximate surface area is 87.7 Å². The molecule has 2 unspecified atom stereocenters. The van der Waals surface area contributed by atoms with Crippen LogP contribution in [-0.2, 0) is 13.5 Å². The number of rotatable bonds is 2. The van der Waals surface area contributed by atoms with E-state index in [0.717, 1.165) is 17.9 Å². The van der Waals surface area contributed by atoms with Gasteiger partial charge in [-0.3, -0.25) is 4.68 Å². The van der Waals surface area contributed by atoms with Crippen LogP contribution < -0.4 is 0 Å². The van der Waals surface area contributed by atoms with Gasteiger partial charge in [0.2, 0.25) is 0 Å². The largest absolute Gasteiger partial charge is 0.389 e. The summed E-state index contributed by atoms with van der Waals surface area (Å²) in [5.41, 5.74) is 0.310. The maximum Gasteiger partial charge on any atom is 0.0855 e. The van der Waals surface area contributed by atoms with Crippen LogP contribution in [0.3, 0.4) is 0 Å². The van der Waals surface area contributed by atoms with Gasteiger partial charge < -0.3 is 5.11 Å². The molecule has 0 aromatic carbocycles. The summed E-state index contributed by atoms with van der Waals surface area (Å²) in [5, 5.41) is 18.6. The second-order valence-corrected chi connectivity index (χ2v) is 5.54. The molecule has 0 amide bonds. The number of thioether (sulfide) groups is 1. The molecule has 1 saturated heterocycles. The van der Waals surface area contributed by atoms with Crippen molar-refractivity contribution in [3.8, 4) is 0 Å². The standard InChI is InChI=1S/C9H15N3OS/c1-7-3-9(13,6-14-7)4-8-5-12(2)11-10-8/h5,7,13H,3-4,6H2,1-2H3. The van der Waals surface area contributed by atoms with Gasteiger partial charge in [0, 0.05) is 30.7 Å². The highest BCUT2D eigenvalue weighted by molar-refractivity contribution is 8.00. The minimum absolute atomic E-state index is 0.552. The number of aromatic nitrogens is 3. The Kier molecular flexibility index (Phi) is 2.53. The Morgan fingerprint density at radius 2 is 2.57 bits per heavy atom. The number of aryl methyl sites for hydroxylation is 1. The van der Waals surface area contributed by atoms with E-state index in [4.69, 9.17) is 0 Å². The Balaban J connectivity index is 2.03. The van der Waals surface area contributed by atoms with Crippen molar-refractivity contribution in [2.45, 2.75) is 30.6 Å². The Hall–Kier alpha value is -0.550. The van der Waals surface area contributed by atoms with Crippen LogP contribution in [0.2, 0.25) is 0 Å². The van der Waals surface area contributed by atoms with Gasteiger partial charge in [-0.2, -0.15) is 11.8 Å². The van der Waals surface area contributed by atoms with Crippen molar-refractivity contribution in [1.29, 1.82) is 0 Å². The van der Waals surface area contributed by atoms with Crippen molar-refractivity contribution in [3.05, 3.63) is 11.9 Å². The average Bonchev–Trinajstić information content (AvgIpc) is 2.60. The third-order valence-electron chi connectivity index (χ3n) is 2.46. The first-order chi connectivity index (χ1) is 6.57. The van der Waals surface area contributed by atoms with Crippen LogP contribution in [0.4, 0.5) is 0 Å². The topological polar surface area (TPSA) is 50.9 Å². The molecule has 1 fully saturated rings. The zero-order valence-electron chi connectivity index (χ0n) is 8.47. The van der Waals surface area contributed by atoms with Crippen LogP contribution in [0.15, 0.2) is 6.20 Å². The van der Waals surface area contributed by atoms with E-state index in [9.17, 15) is 5.11 Å². The summed E-state index contributed by atoms with van der Waals surface area (Å²) in [5.74, 6) is 0.810. The molecule has 1 aromatic rings. The summed E-state index contributed by atoms with van der Waals surface area (Å²) >= 11 is 1.83. The number of nitrogens with zero attached hydrogens (tertiary/aromatic N) is 3. The van der Waals surface area contributed by atoms with E-state index in [0.29, 0.717) is 11.7 Å². The first-order valence-corrected chi connectivity index (χ1v) is 5.81. The maximum atomic E-state index is 10.2. The van der Waals surface area contributed by atoms with Crippen molar-refractivity contribution >= 4 is 11.8 Å². The summed E-state index contributed by atoms with van der Waals surface area (Å²) in [6.45, 7) is 2.15. The molecule has 2 heterocycles. The van der Waals surface area contributed by atoms with Gasteiger partial charge in [-0.25, -0.2) is 0 Å². The quantitative estimate of drug-likeness (QED) is 0.782. The lowest BCUT2D eigenvalue weighted by molar-refractivity contribution is 0.0632.